The summed E-state index contributed by atoms with van der Waals surface area (Å²) in [5, 5.41) is 13.7. The molecule has 1 atom stereocenters. The molecule has 1 aromatic carbocycles. The van der Waals surface area contributed by atoms with Gasteiger partial charge in [-0.2, -0.15) is 0 Å². The molecule has 0 heterocycles. The Morgan fingerprint density at radius 2 is 2.10 bits per heavy atom. The number of carbonyl (C=O) groups is 1. The van der Waals surface area contributed by atoms with Crippen LogP contribution in [-0.4, -0.2) is 16.9 Å². The van der Waals surface area contributed by atoms with Crippen LogP contribution >= 0.6 is 0 Å². The maximum Gasteiger partial charge on any atom is 0.292 e. The maximum absolute atomic E-state index is 12.1. The molecule has 1 aromatic rings. The van der Waals surface area contributed by atoms with Crippen LogP contribution < -0.4 is 11.1 Å². The van der Waals surface area contributed by atoms with Gasteiger partial charge in [0.25, 0.3) is 11.6 Å². The lowest BCUT2D eigenvalue weighted by atomic mass is 10.1. The van der Waals surface area contributed by atoms with Gasteiger partial charge >= 0.3 is 0 Å². The SMILES string of the molecule is CCCCCCC(C)NC(=O)c1ccc(N)c([N+](=O)[O-])c1. The first-order valence-electron chi connectivity index (χ1n) is 7.30. The van der Waals surface area contributed by atoms with Crippen molar-refractivity contribution in [2.24, 2.45) is 0 Å². The third-order valence-electron chi connectivity index (χ3n) is 3.36. The molecule has 6 heteroatoms. The van der Waals surface area contributed by atoms with Crippen LogP contribution in [0.15, 0.2) is 18.2 Å². The van der Waals surface area contributed by atoms with E-state index in [1.54, 1.807) is 0 Å². The fraction of sp³-hybridized carbons (Fsp3) is 0.533. The van der Waals surface area contributed by atoms with Gasteiger partial charge in [0, 0.05) is 17.7 Å². The highest BCUT2D eigenvalue weighted by molar-refractivity contribution is 5.95. The average molecular weight is 293 g/mol. The van der Waals surface area contributed by atoms with E-state index in [0.29, 0.717) is 0 Å². The summed E-state index contributed by atoms with van der Waals surface area (Å²) in [6.07, 6.45) is 5.50. The van der Waals surface area contributed by atoms with Gasteiger partial charge in [-0.25, -0.2) is 0 Å². The summed E-state index contributed by atoms with van der Waals surface area (Å²) in [6, 6.07) is 4.15. The zero-order chi connectivity index (χ0) is 15.8. The molecule has 0 spiro atoms. The Kier molecular flexibility index (Phi) is 6.65. The molecule has 0 aliphatic heterocycles. The second kappa shape index (κ2) is 8.24. The highest BCUT2D eigenvalue weighted by Gasteiger charge is 2.16. The molecular formula is C15H23N3O3. The van der Waals surface area contributed by atoms with E-state index in [2.05, 4.69) is 12.2 Å². The van der Waals surface area contributed by atoms with E-state index in [0.717, 1.165) is 19.3 Å². The predicted octanol–water partition coefficient (Wildman–Crippen LogP) is 3.27. The lowest BCUT2D eigenvalue weighted by Gasteiger charge is -2.13. The van der Waals surface area contributed by atoms with Crippen LogP contribution in [0.1, 0.15) is 56.3 Å². The molecule has 0 fully saturated rings. The van der Waals surface area contributed by atoms with Crippen molar-refractivity contribution >= 4 is 17.3 Å². The number of nitrogens with one attached hydrogen (secondary N) is 1. The Hall–Kier alpha value is -2.11. The predicted molar refractivity (Wildman–Crippen MR) is 83.2 cm³/mol. The molecule has 0 aromatic heterocycles. The largest absolute Gasteiger partial charge is 0.393 e. The Labute approximate surface area is 124 Å². The number of unbranched alkanes of at least 4 members (excludes halogenated alkanes) is 3. The van der Waals surface area contributed by atoms with E-state index < -0.39 is 4.92 Å². The van der Waals surface area contributed by atoms with Crippen molar-refractivity contribution in [3.8, 4) is 0 Å². The fourth-order valence-corrected chi connectivity index (χ4v) is 2.10. The third kappa shape index (κ3) is 5.41. The summed E-state index contributed by atoms with van der Waals surface area (Å²) in [4.78, 5) is 22.3. The molecule has 0 saturated carbocycles. The number of amides is 1. The van der Waals surface area contributed by atoms with E-state index in [-0.39, 0.29) is 28.9 Å². The van der Waals surface area contributed by atoms with Crippen molar-refractivity contribution in [2.45, 2.75) is 52.0 Å². The second-order valence-electron chi connectivity index (χ2n) is 5.25. The van der Waals surface area contributed by atoms with Crippen molar-refractivity contribution in [2.75, 3.05) is 5.73 Å². The molecule has 0 bridgehead atoms. The van der Waals surface area contributed by atoms with E-state index >= 15 is 0 Å². The van der Waals surface area contributed by atoms with Crippen LogP contribution in [-0.2, 0) is 0 Å². The highest BCUT2D eigenvalue weighted by atomic mass is 16.6. The number of anilines is 1. The Morgan fingerprint density at radius 3 is 2.71 bits per heavy atom. The molecule has 0 aliphatic rings. The zero-order valence-corrected chi connectivity index (χ0v) is 12.6. The Bertz CT molecular complexity index is 503. The molecule has 1 unspecified atom stereocenters. The van der Waals surface area contributed by atoms with Gasteiger partial charge < -0.3 is 11.1 Å². The normalized spacial score (nSPS) is 11.9. The van der Waals surface area contributed by atoms with Crippen LogP contribution in [0.5, 0.6) is 0 Å². The van der Waals surface area contributed by atoms with Gasteiger partial charge in [-0.15, -0.1) is 0 Å². The number of benzene rings is 1. The van der Waals surface area contributed by atoms with E-state index in [1.807, 2.05) is 6.92 Å². The first kappa shape index (κ1) is 16.9. The molecule has 0 saturated heterocycles. The number of nitrogens with two attached hydrogens (primary N) is 1. The molecule has 21 heavy (non-hydrogen) atoms. The number of nitrogen functional groups attached to an aromatic ring is 1. The molecule has 3 N–H and O–H groups in total. The number of nitrogens with zero attached hydrogens (tertiary/aromatic N) is 1. The van der Waals surface area contributed by atoms with Crippen molar-refractivity contribution in [1.82, 2.24) is 5.32 Å². The second-order valence-corrected chi connectivity index (χ2v) is 5.25. The van der Waals surface area contributed by atoms with Crippen molar-refractivity contribution in [3.63, 3.8) is 0 Å². The van der Waals surface area contributed by atoms with Crippen molar-refractivity contribution < 1.29 is 9.72 Å². The van der Waals surface area contributed by atoms with Crippen LogP contribution in [0.25, 0.3) is 0 Å². The van der Waals surface area contributed by atoms with Crippen LogP contribution in [0, 0.1) is 10.1 Å². The summed E-state index contributed by atoms with van der Waals surface area (Å²) < 4.78 is 0. The van der Waals surface area contributed by atoms with Gasteiger partial charge in [0.05, 0.1) is 4.92 Å². The molecule has 1 rings (SSSR count). The maximum atomic E-state index is 12.1. The van der Waals surface area contributed by atoms with E-state index in [1.165, 1.54) is 31.0 Å². The highest BCUT2D eigenvalue weighted by Crippen LogP contribution is 2.22. The molecule has 0 aliphatic carbocycles. The first-order chi connectivity index (χ1) is 9.95. The van der Waals surface area contributed by atoms with Gasteiger partial charge in [0.1, 0.15) is 5.69 Å². The fourth-order valence-electron chi connectivity index (χ4n) is 2.10. The smallest absolute Gasteiger partial charge is 0.292 e. The lowest BCUT2D eigenvalue weighted by molar-refractivity contribution is -0.383. The number of carbonyl (C=O) groups excluding carboxylic acids is 1. The van der Waals surface area contributed by atoms with Crippen LogP contribution in [0.4, 0.5) is 11.4 Å². The van der Waals surface area contributed by atoms with Gasteiger partial charge in [-0.3, -0.25) is 14.9 Å². The monoisotopic (exact) mass is 293 g/mol. The lowest BCUT2D eigenvalue weighted by Crippen LogP contribution is -2.32. The minimum atomic E-state index is -0.583. The number of rotatable bonds is 8. The Morgan fingerprint density at radius 1 is 1.38 bits per heavy atom. The molecule has 6 nitrogen and oxygen atoms in total. The molecule has 0 radical (unpaired) electrons. The minimum absolute atomic E-state index is 0.0472. The Balaban J connectivity index is 2.59. The first-order valence-corrected chi connectivity index (χ1v) is 7.30. The summed E-state index contributed by atoms with van der Waals surface area (Å²) in [5.41, 5.74) is 5.59. The van der Waals surface area contributed by atoms with Crippen molar-refractivity contribution in [1.29, 1.82) is 0 Å². The average Bonchev–Trinajstić information content (AvgIpc) is 2.43. The summed E-state index contributed by atoms with van der Waals surface area (Å²) in [7, 11) is 0. The number of nitro benzene ring substituents is 1. The summed E-state index contributed by atoms with van der Waals surface area (Å²) in [6.45, 7) is 4.09. The van der Waals surface area contributed by atoms with Crippen LogP contribution in [0.2, 0.25) is 0 Å². The van der Waals surface area contributed by atoms with Gasteiger partial charge in [0.2, 0.25) is 0 Å². The van der Waals surface area contributed by atoms with E-state index in [9.17, 15) is 14.9 Å². The topological polar surface area (TPSA) is 98.3 Å². The molecular weight excluding hydrogens is 270 g/mol. The number of hydrogen-bond donors (Lipinski definition) is 2. The van der Waals surface area contributed by atoms with Gasteiger partial charge in [0.15, 0.2) is 0 Å². The van der Waals surface area contributed by atoms with Gasteiger partial charge in [-0.05, 0) is 25.5 Å². The van der Waals surface area contributed by atoms with Crippen LogP contribution in [0.3, 0.4) is 0 Å². The number of nitro groups is 1. The zero-order valence-electron chi connectivity index (χ0n) is 12.6. The standard InChI is InChI=1S/C15H23N3O3/c1-3-4-5-6-7-11(2)17-15(19)12-8-9-13(16)14(10-12)18(20)21/h8-11H,3-7,16H2,1-2H3,(H,17,19). The summed E-state index contributed by atoms with van der Waals surface area (Å²) in [5.74, 6) is -0.305. The summed E-state index contributed by atoms with van der Waals surface area (Å²) >= 11 is 0. The van der Waals surface area contributed by atoms with Crippen molar-refractivity contribution in [3.05, 3.63) is 33.9 Å². The molecule has 1 amide bonds. The number of hydrogen-bond acceptors (Lipinski definition) is 4. The quantitative estimate of drug-likeness (QED) is 0.332. The van der Waals surface area contributed by atoms with Gasteiger partial charge in [-0.1, -0.05) is 32.6 Å². The third-order valence-corrected chi connectivity index (χ3v) is 3.36. The minimum Gasteiger partial charge on any atom is -0.393 e. The van der Waals surface area contributed by atoms with E-state index in [4.69, 9.17) is 5.73 Å². The molecule has 116 valence electrons.